The molecular weight excluding hydrogens is 293 g/mol. The molecule has 23 heavy (non-hydrogen) atoms. The van der Waals surface area contributed by atoms with Crippen LogP contribution in [0.2, 0.25) is 0 Å². The molecule has 0 spiro atoms. The fourth-order valence-corrected chi connectivity index (χ4v) is 3.64. The summed E-state index contributed by atoms with van der Waals surface area (Å²) in [4.78, 5) is 18.8. The Kier molecular flexibility index (Phi) is 5.16. The lowest BCUT2D eigenvalue weighted by molar-refractivity contribution is -0.133. The van der Waals surface area contributed by atoms with Crippen molar-refractivity contribution in [3.05, 3.63) is 30.1 Å². The number of hydrogen-bond donors (Lipinski definition) is 0. The van der Waals surface area contributed by atoms with Crippen molar-refractivity contribution in [2.24, 2.45) is 0 Å². The number of piperazine rings is 1. The SMILES string of the molecule is CN1CCCCC1CC(=O)N1CCN(c2ccccc2F)CC1. The molecule has 1 aromatic rings. The lowest BCUT2D eigenvalue weighted by Crippen LogP contribution is -2.50. The van der Waals surface area contributed by atoms with Crippen molar-refractivity contribution in [1.29, 1.82) is 0 Å². The summed E-state index contributed by atoms with van der Waals surface area (Å²) in [5, 5.41) is 0. The summed E-state index contributed by atoms with van der Waals surface area (Å²) in [6, 6.07) is 7.25. The fourth-order valence-electron chi connectivity index (χ4n) is 3.64. The maximum Gasteiger partial charge on any atom is 0.224 e. The zero-order chi connectivity index (χ0) is 16.2. The van der Waals surface area contributed by atoms with Gasteiger partial charge in [0.1, 0.15) is 5.82 Å². The minimum atomic E-state index is -0.184. The maximum atomic E-state index is 13.9. The molecule has 0 radical (unpaired) electrons. The predicted octanol–water partition coefficient (Wildman–Crippen LogP) is 2.35. The Morgan fingerprint density at radius 2 is 1.87 bits per heavy atom. The summed E-state index contributed by atoms with van der Waals surface area (Å²) in [6.07, 6.45) is 4.21. The highest BCUT2D eigenvalue weighted by molar-refractivity contribution is 5.77. The molecule has 4 nitrogen and oxygen atoms in total. The van der Waals surface area contributed by atoms with Crippen LogP contribution in [0.3, 0.4) is 0 Å². The van der Waals surface area contributed by atoms with Gasteiger partial charge in [0.25, 0.3) is 0 Å². The third-order valence-corrected chi connectivity index (χ3v) is 5.16. The Balaban J connectivity index is 1.52. The van der Waals surface area contributed by atoms with E-state index >= 15 is 0 Å². The van der Waals surface area contributed by atoms with Crippen molar-refractivity contribution in [2.45, 2.75) is 31.7 Å². The van der Waals surface area contributed by atoms with Gasteiger partial charge >= 0.3 is 0 Å². The number of nitrogens with zero attached hydrogens (tertiary/aromatic N) is 3. The Bertz CT molecular complexity index is 543. The summed E-state index contributed by atoms with van der Waals surface area (Å²) >= 11 is 0. The first-order chi connectivity index (χ1) is 11.1. The number of carbonyl (C=O) groups is 1. The number of piperidine rings is 1. The van der Waals surface area contributed by atoms with Crippen LogP contribution in [0.5, 0.6) is 0 Å². The lowest BCUT2D eigenvalue weighted by atomic mass is 9.99. The molecule has 2 heterocycles. The van der Waals surface area contributed by atoms with E-state index in [0.29, 0.717) is 44.3 Å². The highest BCUT2D eigenvalue weighted by atomic mass is 19.1. The highest BCUT2D eigenvalue weighted by Gasteiger charge is 2.27. The smallest absolute Gasteiger partial charge is 0.224 e. The minimum absolute atomic E-state index is 0.184. The number of amides is 1. The molecule has 2 saturated heterocycles. The van der Waals surface area contributed by atoms with E-state index in [-0.39, 0.29) is 11.7 Å². The molecule has 1 amide bonds. The number of rotatable bonds is 3. The second-order valence-electron chi connectivity index (χ2n) is 6.65. The summed E-state index contributed by atoms with van der Waals surface area (Å²) in [6.45, 7) is 3.87. The van der Waals surface area contributed by atoms with Gasteiger partial charge in [-0.25, -0.2) is 4.39 Å². The molecule has 1 unspecified atom stereocenters. The molecule has 3 rings (SSSR count). The molecule has 0 aromatic heterocycles. The summed E-state index contributed by atoms with van der Waals surface area (Å²) < 4.78 is 13.9. The normalized spacial score (nSPS) is 23.1. The van der Waals surface area contributed by atoms with Gasteiger partial charge in [0.2, 0.25) is 5.91 Å². The first-order valence-corrected chi connectivity index (χ1v) is 8.62. The molecule has 2 aliphatic heterocycles. The molecule has 5 heteroatoms. The number of para-hydroxylation sites is 1. The van der Waals surface area contributed by atoms with Crippen LogP contribution in [0.4, 0.5) is 10.1 Å². The fraction of sp³-hybridized carbons (Fsp3) is 0.611. The molecule has 1 aromatic carbocycles. The van der Waals surface area contributed by atoms with Gasteiger partial charge in [-0.1, -0.05) is 18.6 Å². The highest BCUT2D eigenvalue weighted by Crippen LogP contribution is 2.22. The van der Waals surface area contributed by atoms with Gasteiger partial charge in [-0.15, -0.1) is 0 Å². The summed E-state index contributed by atoms with van der Waals surface area (Å²) in [5.74, 6) is 0.0630. The Morgan fingerprint density at radius 3 is 2.57 bits per heavy atom. The van der Waals surface area contributed by atoms with Crippen LogP contribution >= 0.6 is 0 Å². The van der Waals surface area contributed by atoms with Gasteiger partial charge in [-0.2, -0.15) is 0 Å². The van der Waals surface area contributed by atoms with Crippen LogP contribution in [-0.4, -0.2) is 61.5 Å². The summed E-state index contributed by atoms with van der Waals surface area (Å²) in [7, 11) is 2.12. The van der Waals surface area contributed by atoms with E-state index in [0.717, 1.165) is 13.0 Å². The minimum Gasteiger partial charge on any atom is -0.366 e. The first kappa shape index (κ1) is 16.2. The van der Waals surface area contributed by atoms with Gasteiger partial charge in [0.05, 0.1) is 5.69 Å². The zero-order valence-electron chi connectivity index (χ0n) is 13.9. The van der Waals surface area contributed by atoms with E-state index in [2.05, 4.69) is 11.9 Å². The molecule has 0 bridgehead atoms. The molecule has 2 fully saturated rings. The standard InChI is InChI=1S/C18H26FN3O/c1-20-9-5-4-6-15(20)14-18(23)22-12-10-21(11-13-22)17-8-3-2-7-16(17)19/h2-3,7-8,15H,4-6,9-14H2,1H3. The second kappa shape index (κ2) is 7.30. The number of hydrogen-bond acceptors (Lipinski definition) is 3. The van der Waals surface area contributed by atoms with Crippen molar-refractivity contribution in [2.75, 3.05) is 44.7 Å². The van der Waals surface area contributed by atoms with Crippen LogP contribution < -0.4 is 4.90 Å². The van der Waals surface area contributed by atoms with Crippen LogP contribution in [0, 0.1) is 5.82 Å². The van der Waals surface area contributed by atoms with Gasteiger partial charge in [0.15, 0.2) is 0 Å². The molecule has 0 aliphatic carbocycles. The van der Waals surface area contributed by atoms with Crippen molar-refractivity contribution in [3.8, 4) is 0 Å². The van der Waals surface area contributed by atoms with E-state index in [1.807, 2.05) is 21.9 Å². The molecule has 0 N–H and O–H groups in total. The van der Waals surface area contributed by atoms with E-state index in [1.165, 1.54) is 18.9 Å². The molecule has 0 saturated carbocycles. The summed E-state index contributed by atoms with van der Waals surface area (Å²) in [5.41, 5.74) is 0.645. The third-order valence-electron chi connectivity index (χ3n) is 5.16. The van der Waals surface area contributed by atoms with Crippen molar-refractivity contribution < 1.29 is 9.18 Å². The second-order valence-corrected chi connectivity index (χ2v) is 6.65. The molecular formula is C18H26FN3O. The molecule has 1 atom stereocenters. The number of anilines is 1. The largest absolute Gasteiger partial charge is 0.366 e. The van der Waals surface area contributed by atoms with E-state index < -0.39 is 0 Å². The van der Waals surface area contributed by atoms with Crippen LogP contribution in [0.15, 0.2) is 24.3 Å². The van der Waals surface area contributed by atoms with E-state index in [9.17, 15) is 9.18 Å². The van der Waals surface area contributed by atoms with Gasteiger partial charge in [-0.05, 0) is 38.6 Å². The average molecular weight is 319 g/mol. The molecule has 126 valence electrons. The zero-order valence-corrected chi connectivity index (χ0v) is 13.9. The number of carbonyl (C=O) groups excluding carboxylic acids is 1. The Hall–Kier alpha value is -1.62. The van der Waals surface area contributed by atoms with Crippen LogP contribution in [0.25, 0.3) is 0 Å². The number of halogens is 1. The molecule has 2 aliphatic rings. The predicted molar refractivity (Wildman–Crippen MR) is 90.1 cm³/mol. The van der Waals surface area contributed by atoms with Gasteiger partial charge < -0.3 is 14.7 Å². The lowest BCUT2D eigenvalue weighted by Gasteiger charge is -2.38. The number of likely N-dealkylation sites (tertiary alicyclic amines) is 1. The van der Waals surface area contributed by atoms with Crippen LogP contribution in [0.1, 0.15) is 25.7 Å². The van der Waals surface area contributed by atoms with Crippen LogP contribution in [-0.2, 0) is 4.79 Å². The monoisotopic (exact) mass is 319 g/mol. The van der Waals surface area contributed by atoms with Crippen molar-refractivity contribution >= 4 is 11.6 Å². The van der Waals surface area contributed by atoms with Crippen molar-refractivity contribution in [3.63, 3.8) is 0 Å². The van der Waals surface area contributed by atoms with Gasteiger partial charge in [0, 0.05) is 38.6 Å². The first-order valence-electron chi connectivity index (χ1n) is 8.62. The maximum absolute atomic E-state index is 13.9. The topological polar surface area (TPSA) is 26.8 Å². The van der Waals surface area contributed by atoms with Crippen molar-refractivity contribution in [1.82, 2.24) is 9.80 Å². The Morgan fingerprint density at radius 1 is 1.13 bits per heavy atom. The quantitative estimate of drug-likeness (QED) is 0.856. The number of benzene rings is 1. The Labute approximate surface area is 137 Å². The van der Waals surface area contributed by atoms with Gasteiger partial charge in [-0.3, -0.25) is 4.79 Å². The third kappa shape index (κ3) is 3.83. The average Bonchev–Trinajstić information content (AvgIpc) is 2.57. The van der Waals surface area contributed by atoms with E-state index in [1.54, 1.807) is 6.07 Å². The van der Waals surface area contributed by atoms with E-state index in [4.69, 9.17) is 0 Å².